The van der Waals surface area contributed by atoms with Gasteiger partial charge in [0.05, 0.1) is 9.26 Å². The molecule has 1 aromatic heterocycles. The monoisotopic (exact) mass is 361 g/mol. The Balaban J connectivity index is 2.50. The zero-order valence-electron chi connectivity index (χ0n) is 11.2. The molecule has 0 atom stereocenters. The second-order valence-electron chi connectivity index (χ2n) is 4.81. The molecule has 0 spiro atoms. The molecule has 0 saturated heterocycles. The van der Waals surface area contributed by atoms with E-state index in [1.165, 1.54) is 12.8 Å². The lowest BCUT2D eigenvalue weighted by Crippen LogP contribution is -2.30. The summed E-state index contributed by atoms with van der Waals surface area (Å²) in [4.78, 5) is 9.22. The molecular formula is C13H20IN3O. The molecular weight excluding hydrogens is 341 g/mol. The number of rotatable bonds is 5. The summed E-state index contributed by atoms with van der Waals surface area (Å²) in [5.41, 5.74) is 6.75. The Kier molecular flexibility index (Phi) is 4.11. The van der Waals surface area contributed by atoms with Gasteiger partial charge in [0.15, 0.2) is 5.82 Å². The smallest absolute Gasteiger partial charge is 0.162 e. The number of hydrogen-bond acceptors (Lipinski definition) is 4. The van der Waals surface area contributed by atoms with Gasteiger partial charge < -0.3 is 10.5 Å². The minimum atomic E-state index is -0.401. The summed E-state index contributed by atoms with van der Waals surface area (Å²) < 4.78 is 6.70. The van der Waals surface area contributed by atoms with Gasteiger partial charge in [-0.1, -0.05) is 13.8 Å². The number of methoxy groups -OCH3 is 1. The molecule has 0 aliphatic heterocycles. The van der Waals surface area contributed by atoms with Crippen molar-refractivity contribution >= 4 is 28.4 Å². The highest BCUT2D eigenvalue weighted by atomic mass is 127. The van der Waals surface area contributed by atoms with Crippen LogP contribution in [0.5, 0.6) is 0 Å². The van der Waals surface area contributed by atoms with Gasteiger partial charge in [-0.25, -0.2) is 9.97 Å². The maximum atomic E-state index is 6.03. The fourth-order valence-electron chi connectivity index (χ4n) is 2.26. The number of nitrogens with two attached hydrogens (primary N) is 1. The van der Waals surface area contributed by atoms with Crippen molar-refractivity contribution in [1.29, 1.82) is 0 Å². The molecule has 0 aromatic carbocycles. The third-order valence-electron chi connectivity index (χ3n) is 3.81. The normalized spacial score (nSPS) is 16.0. The van der Waals surface area contributed by atoms with Crippen molar-refractivity contribution in [3.05, 3.63) is 15.1 Å². The number of ether oxygens (including phenoxy) is 1. The third-order valence-corrected chi connectivity index (χ3v) is 4.91. The second-order valence-corrected chi connectivity index (χ2v) is 5.89. The third kappa shape index (κ3) is 2.34. The molecule has 4 nitrogen and oxygen atoms in total. The Morgan fingerprint density at radius 1 is 1.33 bits per heavy atom. The number of nitrogens with zero attached hydrogens (tertiary/aromatic N) is 2. The van der Waals surface area contributed by atoms with Crippen LogP contribution < -0.4 is 5.73 Å². The Morgan fingerprint density at radius 3 is 2.39 bits per heavy atom. The van der Waals surface area contributed by atoms with Crippen LogP contribution in [0.2, 0.25) is 0 Å². The summed E-state index contributed by atoms with van der Waals surface area (Å²) >= 11 is 2.25. The van der Waals surface area contributed by atoms with Gasteiger partial charge >= 0.3 is 0 Å². The van der Waals surface area contributed by atoms with Gasteiger partial charge in [-0.3, -0.25) is 0 Å². The van der Waals surface area contributed by atoms with E-state index in [2.05, 4.69) is 41.4 Å². The van der Waals surface area contributed by atoms with Gasteiger partial charge in [0, 0.05) is 13.0 Å². The molecule has 0 radical (unpaired) electrons. The number of halogens is 1. The lowest BCUT2D eigenvalue weighted by Gasteiger charge is -2.29. The summed E-state index contributed by atoms with van der Waals surface area (Å²) in [6.07, 6.45) is 4.13. The summed E-state index contributed by atoms with van der Waals surface area (Å²) in [6, 6.07) is 0. The van der Waals surface area contributed by atoms with Gasteiger partial charge in [-0.15, -0.1) is 0 Å². The number of aromatic nitrogens is 2. The topological polar surface area (TPSA) is 61.0 Å². The molecule has 0 amide bonds. The minimum absolute atomic E-state index is 0.401. The van der Waals surface area contributed by atoms with Gasteiger partial charge in [-0.05, 0) is 48.3 Å². The first kappa shape index (κ1) is 14.0. The van der Waals surface area contributed by atoms with E-state index in [0.29, 0.717) is 11.7 Å². The van der Waals surface area contributed by atoms with Crippen LogP contribution in [-0.2, 0) is 10.3 Å². The Hall–Kier alpha value is -0.430. The van der Waals surface area contributed by atoms with Gasteiger partial charge in [0.2, 0.25) is 0 Å². The Bertz CT molecular complexity index is 434. The molecule has 2 N–H and O–H groups in total. The molecule has 1 heterocycles. The molecule has 18 heavy (non-hydrogen) atoms. The summed E-state index contributed by atoms with van der Waals surface area (Å²) in [6.45, 7) is 4.20. The van der Waals surface area contributed by atoms with Crippen LogP contribution in [-0.4, -0.2) is 17.1 Å². The fraction of sp³-hybridized carbons (Fsp3) is 0.692. The van der Waals surface area contributed by atoms with Crippen LogP contribution in [0.4, 0.5) is 5.82 Å². The first-order valence-corrected chi connectivity index (χ1v) is 7.54. The molecule has 1 saturated carbocycles. The first-order valence-electron chi connectivity index (χ1n) is 6.46. The van der Waals surface area contributed by atoms with Crippen LogP contribution in [0.3, 0.4) is 0 Å². The maximum Gasteiger partial charge on any atom is 0.162 e. The van der Waals surface area contributed by atoms with Crippen LogP contribution in [0, 0.1) is 3.57 Å². The van der Waals surface area contributed by atoms with Crippen molar-refractivity contribution < 1.29 is 4.74 Å². The van der Waals surface area contributed by atoms with Crippen molar-refractivity contribution in [2.75, 3.05) is 12.8 Å². The highest BCUT2D eigenvalue weighted by molar-refractivity contribution is 14.1. The highest BCUT2D eigenvalue weighted by Crippen LogP contribution is 2.43. The van der Waals surface area contributed by atoms with Crippen molar-refractivity contribution in [2.24, 2.45) is 0 Å². The molecule has 1 aliphatic rings. The molecule has 0 unspecified atom stereocenters. The van der Waals surface area contributed by atoms with Crippen LogP contribution in [0.15, 0.2) is 0 Å². The van der Waals surface area contributed by atoms with Crippen LogP contribution in [0.1, 0.15) is 57.0 Å². The van der Waals surface area contributed by atoms with E-state index in [9.17, 15) is 0 Å². The number of hydrogen-bond donors (Lipinski definition) is 1. The molecule has 1 aromatic rings. The van der Waals surface area contributed by atoms with Gasteiger partial charge in [0.25, 0.3) is 0 Å². The Morgan fingerprint density at radius 2 is 1.94 bits per heavy atom. The maximum absolute atomic E-state index is 6.03. The molecule has 2 rings (SSSR count). The van der Waals surface area contributed by atoms with Crippen LogP contribution in [0.25, 0.3) is 0 Å². The standard InChI is InChI=1S/C13H20IN3O/c1-4-13(5-2,18-3)12-16-10(8-6-7-8)9(14)11(15)17-12/h8H,4-7H2,1-3H3,(H2,15,16,17). The molecule has 5 heteroatoms. The highest BCUT2D eigenvalue weighted by Gasteiger charge is 2.35. The van der Waals surface area contributed by atoms with E-state index >= 15 is 0 Å². The summed E-state index contributed by atoms with van der Waals surface area (Å²) in [5, 5.41) is 0. The fourth-order valence-corrected chi connectivity index (χ4v) is 2.94. The zero-order chi connectivity index (χ0) is 13.3. The second kappa shape index (κ2) is 5.28. The van der Waals surface area contributed by atoms with Crippen LogP contribution >= 0.6 is 22.6 Å². The van der Waals surface area contributed by atoms with E-state index in [-0.39, 0.29) is 0 Å². The minimum Gasteiger partial charge on any atom is -0.383 e. The largest absolute Gasteiger partial charge is 0.383 e. The van der Waals surface area contributed by atoms with Gasteiger partial charge in [-0.2, -0.15) is 0 Å². The number of anilines is 1. The van der Waals surface area contributed by atoms with Crippen molar-refractivity contribution in [3.63, 3.8) is 0 Å². The lowest BCUT2D eigenvalue weighted by atomic mass is 9.95. The molecule has 0 bridgehead atoms. The summed E-state index contributed by atoms with van der Waals surface area (Å²) in [7, 11) is 1.72. The quantitative estimate of drug-likeness (QED) is 0.819. The first-order chi connectivity index (χ1) is 8.57. The van der Waals surface area contributed by atoms with E-state index in [4.69, 9.17) is 15.5 Å². The molecule has 1 fully saturated rings. The Labute approximate surface area is 122 Å². The predicted octanol–water partition coefficient (Wildman–Crippen LogP) is 3.20. The van der Waals surface area contributed by atoms with E-state index in [0.717, 1.165) is 27.9 Å². The van der Waals surface area contributed by atoms with E-state index < -0.39 is 5.60 Å². The average molecular weight is 361 g/mol. The number of nitrogen functional groups attached to an aromatic ring is 1. The van der Waals surface area contributed by atoms with Crippen molar-refractivity contribution in [2.45, 2.75) is 51.0 Å². The molecule has 100 valence electrons. The SMILES string of the molecule is CCC(CC)(OC)c1nc(N)c(I)c(C2CC2)n1. The van der Waals surface area contributed by atoms with E-state index in [1.807, 2.05) is 0 Å². The summed E-state index contributed by atoms with van der Waals surface area (Å²) in [5.74, 6) is 1.91. The zero-order valence-corrected chi connectivity index (χ0v) is 13.3. The average Bonchev–Trinajstić information content (AvgIpc) is 3.20. The molecule has 1 aliphatic carbocycles. The van der Waals surface area contributed by atoms with E-state index in [1.54, 1.807) is 7.11 Å². The predicted molar refractivity (Wildman–Crippen MR) is 80.4 cm³/mol. The van der Waals surface area contributed by atoms with Gasteiger partial charge in [0.1, 0.15) is 11.4 Å². The lowest BCUT2D eigenvalue weighted by molar-refractivity contribution is -0.0292. The van der Waals surface area contributed by atoms with Crippen molar-refractivity contribution in [1.82, 2.24) is 9.97 Å². The van der Waals surface area contributed by atoms with Crippen molar-refractivity contribution in [3.8, 4) is 0 Å².